The minimum Gasteiger partial charge on any atom is -0.354 e. The lowest BCUT2D eigenvalue weighted by atomic mass is 9.85. The van der Waals surface area contributed by atoms with E-state index in [-0.39, 0.29) is 17.7 Å². The van der Waals surface area contributed by atoms with Crippen LogP contribution in [0.2, 0.25) is 0 Å². The lowest BCUT2D eigenvalue weighted by molar-refractivity contribution is -0.128. The van der Waals surface area contributed by atoms with E-state index in [2.05, 4.69) is 5.32 Å². The van der Waals surface area contributed by atoms with Crippen molar-refractivity contribution in [3.63, 3.8) is 0 Å². The van der Waals surface area contributed by atoms with Crippen molar-refractivity contribution in [3.05, 3.63) is 0 Å². The van der Waals surface area contributed by atoms with Crippen LogP contribution in [-0.4, -0.2) is 39.9 Å². The molecular weight excluding hydrogens is 244 g/mol. The molecule has 1 saturated heterocycles. The zero-order valence-corrected chi connectivity index (χ0v) is 10.5. The van der Waals surface area contributed by atoms with E-state index in [1.165, 1.54) is 11.8 Å². The van der Waals surface area contributed by atoms with Gasteiger partial charge in [0.05, 0.1) is 5.75 Å². The van der Waals surface area contributed by atoms with Crippen LogP contribution in [0.4, 0.5) is 0 Å². The van der Waals surface area contributed by atoms with Gasteiger partial charge in [0.2, 0.25) is 11.8 Å². The van der Waals surface area contributed by atoms with Crippen LogP contribution in [0, 0.1) is 5.92 Å². The summed E-state index contributed by atoms with van der Waals surface area (Å²) in [6.07, 6.45) is 3.16. The molecule has 2 rings (SSSR count). The van der Waals surface area contributed by atoms with E-state index in [1.54, 1.807) is 4.90 Å². The summed E-state index contributed by atoms with van der Waals surface area (Å²) < 4.78 is 0.628. The Labute approximate surface area is 104 Å². The molecule has 1 aliphatic heterocycles. The van der Waals surface area contributed by atoms with E-state index in [4.69, 9.17) is 12.2 Å². The monoisotopic (exact) mass is 258 g/mol. The van der Waals surface area contributed by atoms with Crippen LogP contribution in [-0.2, 0) is 9.59 Å². The van der Waals surface area contributed by atoms with Gasteiger partial charge >= 0.3 is 0 Å². The Morgan fingerprint density at radius 2 is 2.31 bits per heavy atom. The number of thiocarbonyl (C=S) groups is 1. The summed E-state index contributed by atoms with van der Waals surface area (Å²) in [5.74, 6) is 0.815. The Morgan fingerprint density at radius 1 is 1.56 bits per heavy atom. The third-order valence-electron chi connectivity index (χ3n) is 2.95. The van der Waals surface area contributed by atoms with Gasteiger partial charge in [0.1, 0.15) is 4.32 Å². The van der Waals surface area contributed by atoms with Gasteiger partial charge in [-0.3, -0.25) is 14.5 Å². The molecule has 4 nitrogen and oxygen atoms in total. The molecule has 1 saturated carbocycles. The average Bonchev–Trinajstić information content (AvgIpc) is 2.46. The largest absolute Gasteiger partial charge is 0.354 e. The van der Waals surface area contributed by atoms with Gasteiger partial charge < -0.3 is 5.32 Å². The van der Waals surface area contributed by atoms with Crippen molar-refractivity contribution < 1.29 is 9.59 Å². The fourth-order valence-corrected chi connectivity index (χ4v) is 2.82. The molecule has 0 radical (unpaired) electrons. The van der Waals surface area contributed by atoms with Crippen molar-refractivity contribution in [1.82, 2.24) is 10.2 Å². The molecule has 2 fully saturated rings. The molecule has 0 atom stereocenters. The molecular formula is C10H14N2O2S2. The van der Waals surface area contributed by atoms with Crippen LogP contribution in [0.1, 0.15) is 19.3 Å². The maximum atomic E-state index is 11.5. The first kappa shape index (κ1) is 11.9. The highest BCUT2D eigenvalue weighted by molar-refractivity contribution is 8.23. The molecule has 88 valence electrons. The Morgan fingerprint density at radius 3 is 2.81 bits per heavy atom. The summed E-state index contributed by atoms with van der Waals surface area (Å²) in [6, 6.07) is 0. The quantitative estimate of drug-likeness (QED) is 0.757. The normalized spacial score (nSPS) is 21.1. The first-order chi connectivity index (χ1) is 7.68. The molecule has 6 heteroatoms. The van der Waals surface area contributed by atoms with E-state index in [0.29, 0.717) is 23.2 Å². The SMILES string of the molecule is O=C(NCCN1C(=O)CSC1=S)C1CCC1. The smallest absolute Gasteiger partial charge is 0.238 e. The highest BCUT2D eigenvalue weighted by atomic mass is 32.2. The van der Waals surface area contributed by atoms with E-state index < -0.39 is 0 Å². The number of hydrogen-bond donors (Lipinski definition) is 1. The number of amides is 2. The summed E-state index contributed by atoms with van der Waals surface area (Å²) >= 11 is 6.43. The van der Waals surface area contributed by atoms with E-state index >= 15 is 0 Å². The molecule has 0 aromatic rings. The van der Waals surface area contributed by atoms with Crippen LogP contribution in [0.3, 0.4) is 0 Å². The second kappa shape index (κ2) is 5.14. The van der Waals surface area contributed by atoms with Gasteiger partial charge in [-0.1, -0.05) is 30.4 Å². The predicted octanol–water partition coefficient (Wildman–Crippen LogP) is 0.763. The van der Waals surface area contributed by atoms with Crippen molar-refractivity contribution in [2.45, 2.75) is 19.3 Å². The second-order valence-electron chi connectivity index (χ2n) is 4.02. The number of rotatable bonds is 4. The van der Waals surface area contributed by atoms with Gasteiger partial charge in [-0.05, 0) is 12.8 Å². The average molecular weight is 258 g/mol. The fourth-order valence-electron chi connectivity index (χ4n) is 1.70. The van der Waals surface area contributed by atoms with Gasteiger partial charge in [0.25, 0.3) is 0 Å². The van der Waals surface area contributed by atoms with Crippen LogP contribution in [0.5, 0.6) is 0 Å². The van der Waals surface area contributed by atoms with Crippen molar-refractivity contribution in [2.75, 3.05) is 18.8 Å². The van der Waals surface area contributed by atoms with Gasteiger partial charge in [-0.2, -0.15) is 0 Å². The van der Waals surface area contributed by atoms with Gasteiger partial charge in [0.15, 0.2) is 0 Å². The van der Waals surface area contributed by atoms with Crippen molar-refractivity contribution in [3.8, 4) is 0 Å². The molecule has 1 aliphatic carbocycles. The number of nitrogens with one attached hydrogen (secondary N) is 1. The van der Waals surface area contributed by atoms with E-state index in [0.717, 1.165) is 19.3 Å². The molecule has 16 heavy (non-hydrogen) atoms. The molecule has 0 spiro atoms. The van der Waals surface area contributed by atoms with Gasteiger partial charge in [-0.15, -0.1) is 0 Å². The minimum absolute atomic E-state index is 0.0490. The first-order valence-corrected chi connectivity index (χ1v) is 6.82. The third-order valence-corrected chi connectivity index (χ3v) is 4.38. The summed E-state index contributed by atoms with van der Waals surface area (Å²) in [7, 11) is 0. The van der Waals surface area contributed by atoms with E-state index in [1.807, 2.05) is 0 Å². The van der Waals surface area contributed by atoms with Gasteiger partial charge in [-0.25, -0.2) is 0 Å². The maximum absolute atomic E-state index is 11.5. The van der Waals surface area contributed by atoms with Crippen LogP contribution in [0.25, 0.3) is 0 Å². The number of thioether (sulfide) groups is 1. The summed E-state index contributed by atoms with van der Waals surface area (Å²) in [6.45, 7) is 1.00. The minimum atomic E-state index is 0.0490. The first-order valence-electron chi connectivity index (χ1n) is 5.43. The Kier molecular flexibility index (Phi) is 3.81. The molecule has 0 aromatic heterocycles. The summed E-state index contributed by atoms with van der Waals surface area (Å²) in [5, 5.41) is 2.85. The fraction of sp³-hybridized carbons (Fsp3) is 0.700. The molecule has 1 N–H and O–H groups in total. The molecule has 2 aliphatic rings. The molecule has 2 amide bonds. The molecule has 0 aromatic carbocycles. The Bertz CT molecular complexity index is 313. The lowest BCUT2D eigenvalue weighted by Gasteiger charge is -2.24. The zero-order chi connectivity index (χ0) is 11.5. The number of carbonyl (C=O) groups is 2. The van der Waals surface area contributed by atoms with Crippen LogP contribution in [0.15, 0.2) is 0 Å². The van der Waals surface area contributed by atoms with Crippen LogP contribution < -0.4 is 5.32 Å². The number of hydrogen-bond acceptors (Lipinski definition) is 4. The van der Waals surface area contributed by atoms with Crippen LogP contribution >= 0.6 is 24.0 Å². The lowest BCUT2D eigenvalue weighted by Crippen LogP contribution is -2.40. The zero-order valence-electron chi connectivity index (χ0n) is 8.90. The Balaban J connectivity index is 1.69. The second-order valence-corrected chi connectivity index (χ2v) is 5.63. The molecule has 0 unspecified atom stereocenters. The summed E-state index contributed by atoms with van der Waals surface area (Å²) in [4.78, 5) is 24.4. The predicted molar refractivity (Wildman–Crippen MR) is 67.1 cm³/mol. The topological polar surface area (TPSA) is 49.4 Å². The van der Waals surface area contributed by atoms with E-state index in [9.17, 15) is 9.59 Å². The maximum Gasteiger partial charge on any atom is 0.238 e. The number of nitrogens with zero attached hydrogens (tertiary/aromatic N) is 1. The molecule has 1 heterocycles. The summed E-state index contributed by atoms with van der Waals surface area (Å²) in [5.41, 5.74) is 0. The Hall–Kier alpha value is -0.620. The van der Waals surface area contributed by atoms with Crippen molar-refractivity contribution in [1.29, 1.82) is 0 Å². The standard InChI is InChI=1S/C10H14N2O2S2/c13-8-6-16-10(15)12(8)5-4-11-9(14)7-2-1-3-7/h7H,1-6H2,(H,11,14). The number of carbonyl (C=O) groups excluding carboxylic acids is 2. The van der Waals surface area contributed by atoms with Crippen molar-refractivity contribution >= 4 is 40.1 Å². The highest BCUT2D eigenvalue weighted by Gasteiger charge is 2.27. The molecule has 0 bridgehead atoms. The highest BCUT2D eigenvalue weighted by Crippen LogP contribution is 2.26. The van der Waals surface area contributed by atoms with Crippen molar-refractivity contribution in [2.24, 2.45) is 5.92 Å². The van der Waals surface area contributed by atoms with Gasteiger partial charge in [0, 0.05) is 19.0 Å². The third kappa shape index (κ3) is 2.55.